The van der Waals surface area contributed by atoms with E-state index in [1.807, 2.05) is 6.92 Å². The molecule has 2 aromatic rings. The Bertz CT molecular complexity index is 1150. The predicted molar refractivity (Wildman–Crippen MR) is 136 cm³/mol. The minimum absolute atomic E-state index is 0.0620. The number of nitrogens with one attached hydrogen (secondary N) is 2. The van der Waals surface area contributed by atoms with Crippen molar-refractivity contribution in [1.29, 1.82) is 0 Å². The molecule has 0 spiro atoms. The third-order valence-electron chi connectivity index (χ3n) is 6.10. The molecule has 0 bridgehead atoms. The van der Waals surface area contributed by atoms with Gasteiger partial charge in [-0.25, -0.2) is 0 Å². The largest absolute Gasteiger partial charge is 0.416 e. The molecule has 200 valence electrons. The van der Waals surface area contributed by atoms with Gasteiger partial charge in [0, 0.05) is 28.2 Å². The van der Waals surface area contributed by atoms with E-state index >= 15 is 0 Å². The minimum Gasteiger partial charge on any atom is -0.352 e. The van der Waals surface area contributed by atoms with E-state index in [1.54, 1.807) is 24.3 Å². The molecule has 11 heteroatoms. The molecule has 1 aliphatic rings. The number of hydrogen-bond donors (Lipinski definition) is 2. The Labute approximate surface area is 216 Å². The molecule has 7 nitrogen and oxygen atoms in total. The third-order valence-corrected chi connectivity index (χ3v) is 7.25. The highest BCUT2D eigenvalue weighted by molar-refractivity contribution is 7.86. The van der Waals surface area contributed by atoms with E-state index in [2.05, 4.69) is 10.6 Å². The number of nitrogens with zero attached hydrogens (tertiary/aromatic N) is 1. The van der Waals surface area contributed by atoms with Crippen LogP contribution in [-0.4, -0.2) is 45.5 Å². The number of hydrogen-bond acceptors (Lipinski definition) is 4. The molecule has 37 heavy (non-hydrogen) atoms. The molecule has 1 saturated carbocycles. The Morgan fingerprint density at radius 2 is 1.70 bits per heavy atom. The normalized spacial score (nSPS) is 15.6. The Hall–Kier alpha value is -3.21. The van der Waals surface area contributed by atoms with Crippen LogP contribution in [0.1, 0.15) is 43.7 Å². The number of carbonyl (C=O) groups is 3. The first-order valence-electron chi connectivity index (χ1n) is 11.9. The van der Waals surface area contributed by atoms with Crippen LogP contribution < -0.4 is 15.5 Å². The van der Waals surface area contributed by atoms with E-state index in [0.29, 0.717) is 5.69 Å². The quantitative estimate of drug-likeness (QED) is 0.502. The van der Waals surface area contributed by atoms with Crippen molar-refractivity contribution < 1.29 is 31.8 Å². The Kier molecular flexibility index (Phi) is 9.47. The molecule has 2 atom stereocenters. The van der Waals surface area contributed by atoms with Crippen molar-refractivity contribution in [1.82, 2.24) is 5.32 Å². The number of rotatable bonds is 9. The SMILES string of the molecule is Cc1ccc(NC(=O)C[S@@](=O)CC(=O)N(c2cccc(C(F)(F)F)c2)[C@@H](C)C(=O)NC2CCCC2)cc1. The summed E-state index contributed by atoms with van der Waals surface area (Å²) in [4.78, 5) is 39.4. The minimum atomic E-state index is -4.66. The molecule has 0 saturated heterocycles. The molecule has 0 heterocycles. The maximum atomic E-state index is 13.3. The van der Waals surface area contributed by atoms with Crippen molar-refractivity contribution in [3.8, 4) is 0 Å². The highest BCUT2D eigenvalue weighted by Crippen LogP contribution is 2.32. The summed E-state index contributed by atoms with van der Waals surface area (Å²) >= 11 is 0. The first-order chi connectivity index (χ1) is 17.4. The summed E-state index contributed by atoms with van der Waals surface area (Å²) in [6, 6.07) is 9.81. The number of anilines is 2. The monoisotopic (exact) mass is 537 g/mol. The van der Waals surface area contributed by atoms with Gasteiger partial charge in [0.2, 0.25) is 17.7 Å². The molecule has 1 fully saturated rings. The first-order valence-corrected chi connectivity index (χ1v) is 13.4. The molecular formula is C26H30F3N3O4S. The number of carbonyl (C=O) groups excluding carboxylic acids is 3. The van der Waals surface area contributed by atoms with Crippen LogP contribution in [0.15, 0.2) is 48.5 Å². The lowest BCUT2D eigenvalue weighted by molar-refractivity contribution is -0.137. The van der Waals surface area contributed by atoms with Gasteiger partial charge < -0.3 is 10.6 Å². The van der Waals surface area contributed by atoms with Gasteiger partial charge >= 0.3 is 6.18 Å². The van der Waals surface area contributed by atoms with Crippen molar-refractivity contribution in [3.63, 3.8) is 0 Å². The maximum Gasteiger partial charge on any atom is 0.416 e. The molecule has 0 aliphatic heterocycles. The van der Waals surface area contributed by atoms with Crippen molar-refractivity contribution in [2.24, 2.45) is 0 Å². The molecule has 3 amide bonds. The Balaban J connectivity index is 1.75. The lowest BCUT2D eigenvalue weighted by atomic mass is 10.1. The number of halogens is 3. The predicted octanol–water partition coefficient (Wildman–Crippen LogP) is 4.18. The van der Waals surface area contributed by atoms with Crippen LogP contribution in [0.2, 0.25) is 0 Å². The van der Waals surface area contributed by atoms with Gasteiger partial charge in [-0.15, -0.1) is 0 Å². The highest BCUT2D eigenvalue weighted by Gasteiger charge is 2.34. The summed E-state index contributed by atoms with van der Waals surface area (Å²) in [7, 11) is -1.97. The summed E-state index contributed by atoms with van der Waals surface area (Å²) in [6.07, 6.45) is -1.17. The molecule has 1 aliphatic carbocycles. The van der Waals surface area contributed by atoms with Crippen LogP contribution in [0.25, 0.3) is 0 Å². The molecule has 0 radical (unpaired) electrons. The van der Waals surface area contributed by atoms with Gasteiger partial charge in [-0.2, -0.15) is 13.2 Å². The Morgan fingerprint density at radius 3 is 2.32 bits per heavy atom. The van der Waals surface area contributed by atoms with Crippen LogP contribution in [0.4, 0.5) is 24.5 Å². The topological polar surface area (TPSA) is 95.6 Å². The Morgan fingerprint density at radius 1 is 1.05 bits per heavy atom. The fourth-order valence-electron chi connectivity index (χ4n) is 4.16. The standard InChI is InChI=1S/C26H30F3N3O4S/c1-17-10-12-21(13-11-17)30-23(33)15-37(36)16-24(34)32(18(2)25(35)31-20-7-3-4-8-20)22-9-5-6-19(14-22)26(27,28)29/h5-6,9-14,18,20H,3-4,7-8,15-16H2,1-2H3,(H,30,33)(H,31,35)/t18-,37+/m0/s1. The maximum absolute atomic E-state index is 13.3. The van der Waals surface area contributed by atoms with Crippen LogP contribution in [0.5, 0.6) is 0 Å². The zero-order valence-electron chi connectivity index (χ0n) is 20.6. The van der Waals surface area contributed by atoms with E-state index in [1.165, 1.54) is 13.0 Å². The average Bonchev–Trinajstić information content (AvgIpc) is 3.33. The van der Waals surface area contributed by atoms with Gasteiger partial charge in [0.25, 0.3) is 0 Å². The molecule has 3 rings (SSSR count). The van der Waals surface area contributed by atoms with Crippen LogP contribution >= 0.6 is 0 Å². The fourth-order valence-corrected chi connectivity index (χ4v) is 5.04. The van der Waals surface area contributed by atoms with E-state index in [4.69, 9.17) is 0 Å². The summed E-state index contributed by atoms with van der Waals surface area (Å²) < 4.78 is 52.7. The van der Waals surface area contributed by atoms with Gasteiger partial charge in [-0.1, -0.05) is 36.6 Å². The van der Waals surface area contributed by atoms with Crippen molar-refractivity contribution in [2.45, 2.75) is 57.8 Å². The first kappa shape index (κ1) is 28.4. The lowest BCUT2D eigenvalue weighted by Crippen LogP contribution is -2.51. The molecule has 0 unspecified atom stereocenters. The second kappa shape index (κ2) is 12.4. The van der Waals surface area contributed by atoms with Gasteiger partial charge in [-0.3, -0.25) is 23.5 Å². The highest BCUT2D eigenvalue weighted by atomic mass is 32.2. The van der Waals surface area contributed by atoms with Crippen molar-refractivity contribution in [3.05, 3.63) is 59.7 Å². The fraction of sp³-hybridized carbons (Fsp3) is 0.423. The van der Waals surface area contributed by atoms with E-state index < -0.39 is 57.8 Å². The number of amides is 3. The van der Waals surface area contributed by atoms with E-state index in [-0.39, 0.29) is 11.7 Å². The van der Waals surface area contributed by atoms with Crippen molar-refractivity contribution in [2.75, 3.05) is 21.7 Å². The summed E-state index contributed by atoms with van der Waals surface area (Å²) in [5.74, 6) is -3.04. The van der Waals surface area contributed by atoms with Crippen LogP contribution in [0.3, 0.4) is 0 Å². The second-order valence-electron chi connectivity index (χ2n) is 9.12. The second-order valence-corrected chi connectivity index (χ2v) is 10.6. The van der Waals surface area contributed by atoms with Gasteiger partial charge in [0.05, 0.1) is 5.56 Å². The third kappa shape index (κ3) is 8.14. The van der Waals surface area contributed by atoms with Crippen molar-refractivity contribution >= 4 is 39.9 Å². The number of alkyl halides is 3. The number of benzene rings is 2. The smallest absolute Gasteiger partial charge is 0.352 e. The number of aryl methyl sites for hydroxylation is 1. The lowest BCUT2D eigenvalue weighted by Gasteiger charge is -2.30. The zero-order valence-corrected chi connectivity index (χ0v) is 21.5. The molecule has 2 N–H and O–H groups in total. The van der Waals surface area contributed by atoms with E-state index in [0.717, 1.165) is 54.3 Å². The molecular weight excluding hydrogens is 507 g/mol. The van der Waals surface area contributed by atoms with Crippen LogP contribution in [0, 0.1) is 6.92 Å². The summed E-state index contributed by atoms with van der Waals surface area (Å²) in [6.45, 7) is 3.30. The summed E-state index contributed by atoms with van der Waals surface area (Å²) in [5.41, 5.74) is 0.370. The zero-order chi connectivity index (χ0) is 27.2. The van der Waals surface area contributed by atoms with Gasteiger partial charge in [0.1, 0.15) is 17.5 Å². The van der Waals surface area contributed by atoms with Gasteiger partial charge in [-0.05, 0) is 57.0 Å². The molecule has 0 aromatic heterocycles. The average molecular weight is 538 g/mol. The molecule has 2 aromatic carbocycles. The summed E-state index contributed by atoms with van der Waals surface area (Å²) in [5, 5.41) is 5.44. The van der Waals surface area contributed by atoms with Gasteiger partial charge in [0.15, 0.2) is 0 Å². The van der Waals surface area contributed by atoms with Crippen LogP contribution in [-0.2, 0) is 31.4 Å². The van der Waals surface area contributed by atoms with E-state index in [9.17, 15) is 31.8 Å².